The first-order valence-electron chi connectivity index (χ1n) is 7.92. The Bertz CT molecular complexity index is 386. The highest BCUT2D eigenvalue weighted by Crippen LogP contribution is 2.17. The maximum Gasteiger partial charge on any atom is 0.131 e. The molecule has 1 rings (SSSR count). The van der Waals surface area contributed by atoms with Crippen molar-refractivity contribution in [3.05, 3.63) is 17.7 Å². The fraction of sp³-hybridized carbons (Fsp3) is 0.750. The van der Waals surface area contributed by atoms with E-state index >= 15 is 0 Å². The van der Waals surface area contributed by atoms with E-state index in [1.54, 1.807) is 0 Å². The third-order valence-corrected chi connectivity index (χ3v) is 3.68. The van der Waals surface area contributed by atoms with Crippen molar-refractivity contribution in [2.45, 2.75) is 59.9 Å². The Labute approximate surface area is 123 Å². The van der Waals surface area contributed by atoms with Crippen molar-refractivity contribution in [1.82, 2.24) is 15.3 Å². The standard InChI is InChI=1S/C16H30N4/c1-6-13(7-2)9-18-14-11-19-16(12(4)5)20-15(14)10-17-8-3/h11-13,17-18H,6-10H2,1-5H3. The van der Waals surface area contributed by atoms with E-state index in [-0.39, 0.29) is 0 Å². The quantitative estimate of drug-likeness (QED) is 0.725. The Balaban J connectivity index is 2.81. The fourth-order valence-electron chi connectivity index (χ4n) is 2.07. The van der Waals surface area contributed by atoms with Crippen molar-refractivity contribution < 1.29 is 0 Å². The molecule has 0 saturated carbocycles. The summed E-state index contributed by atoms with van der Waals surface area (Å²) in [6, 6.07) is 0. The smallest absolute Gasteiger partial charge is 0.131 e. The van der Waals surface area contributed by atoms with Crippen molar-refractivity contribution >= 4 is 5.69 Å². The largest absolute Gasteiger partial charge is 0.382 e. The van der Waals surface area contributed by atoms with Gasteiger partial charge in [0.2, 0.25) is 0 Å². The Morgan fingerprint density at radius 3 is 2.40 bits per heavy atom. The lowest BCUT2D eigenvalue weighted by molar-refractivity contribution is 0.518. The zero-order valence-electron chi connectivity index (χ0n) is 13.7. The van der Waals surface area contributed by atoms with E-state index in [4.69, 9.17) is 4.98 Å². The van der Waals surface area contributed by atoms with E-state index < -0.39 is 0 Å². The second-order valence-corrected chi connectivity index (χ2v) is 5.59. The number of hydrogen-bond donors (Lipinski definition) is 2. The average Bonchev–Trinajstić information content (AvgIpc) is 2.46. The number of nitrogens with zero attached hydrogens (tertiary/aromatic N) is 2. The third kappa shape index (κ3) is 5.08. The highest BCUT2D eigenvalue weighted by molar-refractivity contribution is 5.46. The molecule has 1 aromatic heterocycles. The summed E-state index contributed by atoms with van der Waals surface area (Å²) in [5, 5.41) is 6.88. The maximum absolute atomic E-state index is 4.70. The second-order valence-electron chi connectivity index (χ2n) is 5.59. The van der Waals surface area contributed by atoms with E-state index in [0.29, 0.717) is 11.8 Å². The van der Waals surface area contributed by atoms with Crippen LogP contribution in [-0.2, 0) is 6.54 Å². The van der Waals surface area contributed by atoms with Crippen LogP contribution in [0.4, 0.5) is 5.69 Å². The van der Waals surface area contributed by atoms with Gasteiger partial charge in [0.25, 0.3) is 0 Å². The zero-order valence-corrected chi connectivity index (χ0v) is 13.7. The number of anilines is 1. The van der Waals surface area contributed by atoms with E-state index in [1.807, 2.05) is 6.20 Å². The topological polar surface area (TPSA) is 49.8 Å². The van der Waals surface area contributed by atoms with Crippen LogP contribution in [0.5, 0.6) is 0 Å². The molecular formula is C16H30N4. The Kier molecular flexibility index (Phi) is 7.52. The minimum atomic E-state index is 0.364. The predicted octanol–water partition coefficient (Wildman–Crippen LogP) is 3.56. The molecule has 1 aromatic rings. The summed E-state index contributed by atoms with van der Waals surface area (Å²) in [7, 11) is 0. The molecule has 0 aliphatic carbocycles. The molecule has 1 heterocycles. The lowest BCUT2D eigenvalue weighted by Crippen LogP contribution is -2.19. The zero-order chi connectivity index (χ0) is 15.0. The van der Waals surface area contributed by atoms with Gasteiger partial charge in [-0.1, -0.05) is 47.5 Å². The summed E-state index contributed by atoms with van der Waals surface area (Å²) in [6.45, 7) is 13.6. The van der Waals surface area contributed by atoms with Gasteiger partial charge in [0.1, 0.15) is 5.82 Å². The van der Waals surface area contributed by atoms with Gasteiger partial charge in [-0.15, -0.1) is 0 Å². The average molecular weight is 278 g/mol. The minimum Gasteiger partial charge on any atom is -0.382 e. The Hall–Kier alpha value is -1.16. The van der Waals surface area contributed by atoms with E-state index in [0.717, 1.165) is 36.8 Å². The number of nitrogens with one attached hydrogen (secondary N) is 2. The molecule has 0 aromatic carbocycles. The molecule has 0 amide bonds. The van der Waals surface area contributed by atoms with Crippen LogP contribution in [0, 0.1) is 5.92 Å². The molecule has 0 bridgehead atoms. The van der Waals surface area contributed by atoms with Gasteiger partial charge in [0.05, 0.1) is 17.6 Å². The second kappa shape index (κ2) is 8.90. The van der Waals surface area contributed by atoms with E-state index in [1.165, 1.54) is 12.8 Å². The normalized spacial score (nSPS) is 11.3. The van der Waals surface area contributed by atoms with E-state index in [2.05, 4.69) is 50.2 Å². The van der Waals surface area contributed by atoms with Crippen LogP contribution < -0.4 is 10.6 Å². The minimum absolute atomic E-state index is 0.364. The first kappa shape index (κ1) is 16.9. The van der Waals surface area contributed by atoms with Crippen LogP contribution in [0.15, 0.2) is 6.20 Å². The highest BCUT2D eigenvalue weighted by atomic mass is 15.0. The highest BCUT2D eigenvalue weighted by Gasteiger charge is 2.10. The molecule has 0 aliphatic heterocycles. The van der Waals surface area contributed by atoms with Crippen LogP contribution >= 0.6 is 0 Å². The number of rotatable bonds is 9. The molecule has 114 valence electrons. The molecule has 0 spiro atoms. The molecule has 0 radical (unpaired) electrons. The summed E-state index contributed by atoms with van der Waals surface area (Å²) in [5.41, 5.74) is 2.15. The Morgan fingerprint density at radius 1 is 1.15 bits per heavy atom. The van der Waals surface area contributed by atoms with Crippen LogP contribution in [0.3, 0.4) is 0 Å². The lowest BCUT2D eigenvalue weighted by Gasteiger charge is -2.17. The third-order valence-electron chi connectivity index (χ3n) is 3.68. The van der Waals surface area contributed by atoms with Crippen molar-refractivity contribution in [1.29, 1.82) is 0 Å². The fourth-order valence-corrected chi connectivity index (χ4v) is 2.07. The number of hydrogen-bond acceptors (Lipinski definition) is 4. The molecule has 0 atom stereocenters. The lowest BCUT2D eigenvalue weighted by atomic mass is 10.0. The monoisotopic (exact) mass is 278 g/mol. The molecular weight excluding hydrogens is 248 g/mol. The summed E-state index contributed by atoms with van der Waals surface area (Å²) in [5.74, 6) is 2.00. The van der Waals surface area contributed by atoms with Crippen LogP contribution in [0.1, 0.15) is 64.9 Å². The van der Waals surface area contributed by atoms with Gasteiger partial charge >= 0.3 is 0 Å². The first-order chi connectivity index (χ1) is 9.62. The van der Waals surface area contributed by atoms with Gasteiger partial charge in [-0.05, 0) is 12.5 Å². The molecule has 4 heteroatoms. The van der Waals surface area contributed by atoms with Gasteiger partial charge in [0.15, 0.2) is 0 Å². The number of aromatic nitrogens is 2. The van der Waals surface area contributed by atoms with Gasteiger partial charge in [-0.3, -0.25) is 0 Å². The summed E-state index contributed by atoms with van der Waals surface area (Å²) < 4.78 is 0. The Morgan fingerprint density at radius 2 is 1.85 bits per heavy atom. The SMILES string of the molecule is CCNCc1nc(C(C)C)ncc1NCC(CC)CC. The summed E-state index contributed by atoms with van der Waals surface area (Å²) in [6.07, 6.45) is 4.35. The van der Waals surface area contributed by atoms with Crippen LogP contribution in [0.2, 0.25) is 0 Å². The van der Waals surface area contributed by atoms with Crippen molar-refractivity contribution in [3.63, 3.8) is 0 Å². The maximum atomic E-state index is 4.70. The molecule has 0 saturated heterocycles. The van der Waals surface area contributed by atoms with Gasteiger partial charge < -0.3 is 10.6 Å². The molecule has 0 aliphatic rings. The molecule has 0 unspecified atom stereocenters. The first-order valence-corrected chi connectivity index (χ1v) is 7.92. The van der Waals surface area contributed by atoms with Crippen LogP contribution in [0.25, 0.3) is 0 Å². The summed E-state index contributed by atoms with van der Waals surface area (Å²) in [4.78, 5) is 9.18. The summed E-state index contributed by atoms with van der Waals surface area (Å²) >= 11 is 0. The van der Waals surface area contributed by atoms with E-state index in [9.17, 15) is 0 Å². The van der Waals surface area contributed by atoms with Gasteiger partial charge in [-0.25, -0.2) is 9.97 Å². The molecule has 2 N–H and O–H groups in total. The van der Waals surface area contributed by atoms with Crippen molar-refractivity contribution in [3.8, 4) is 0 Å². The molecule has 20 heavy (non-hydrogen) atoms. The van der Waals surface area contributed by atoms with Gasteiger partial charge in [-0.2, -0.15) is 0 Å². The molecule has 4 nitrogen and oxygen atoms in total. The van der Waals surface area contributed by atoms with Crippen LogP contribution in [-0.4, -0.2) is 23.1 Å². The van der Waals surface area contributed by atoms with Crippen molar-refractivity contribution in [2.75, 3.05) is 18.4 Å². The van der Waals surface area contributed by atoms with Crippen molar-refractivity contribution in [2.24, 2.45) is 5.92 Å². The van der Waals surface area contributed by atoms with Gasteiger partial charge in [0, 0.05) is 19.0 Å². The predicted molar refractivity (Wildman–Crippen MR) is 86.1 cm³/mol. The molecule has 0 fully saturated rings.